The maximum atomic E-state index is 13.2. The van der Waals surface area contributed by atoms with Gasteiger partial charge in [-0.05, 0) is 37.0 Å². The number of hydrogen-bond donors (Lipinski definition) is 0. The average molecular weight is 379 g/mol. The van der Waals surface area contributed by atoms with Crippen molar-refractivity contribution in [3.63, 3.8) is 0 Å². The molecule has 2 heterocycles. The van der Waals surface area contributed by atoms with Crippen LogP contribution in [-0.2, 0) is 4.79 Å². The average Bonchev–Trinajstić information content (AvgIpc) is 3.39. The normalized spacial score (nSPS) is 15.1. The summed E-state index contributed by atoms with van der Waals surface area (Å²) in [6.07, 6.45) is 3.88. The van der Waals surface area contributed by atoms with Crippen LogP contribution >= 0.6 is 11.8 Å². The van der Waals surface area contributed by atoms with Crippen molar-refractivity contribution in [3.05, 3.63) is 72.1 Å². The number of likely N-dealkylation sites (tertiary alicyclic amines) is 1. The van der Waals surface area contributed by atoms with Crippen molar-refractivity contribution in [2.24, 2.45) is 0 Å². The molecule has 1 amide bonds. The van der Waals surface area contributed by atoms with Crippen LogP contribution in [0.2, 0.25) is 0 Å². The van der Waals surface area contributed by atoms with Crippen molar-refractivity contribution in [1.82, 2.24) is 19.7 Å². The second-order valence-electron chi connectivity index (χ2n) is 6.71. The molecule has 0 bridgehead atoms. The number of carbonyl (C=O) groups is 1. The van der Waals surface area contributed by atoms with E-state index < -0.39 is 0 Å². The van der Waals surface area contributed by atoms with Crippen LogP contribution in [0.4, 0.5) is 0 Å². The van der Waals surface area contributed by atoms with E-state index in [1.54, 1.807) is 6.33 Å². The third-order valence-electron chi connectivity index (χ3n) is 4.86. The first-order chi connectivity index (χ1) is 13.2. The first-order valence-corrected chi connectivity index (χ1v) is 10.1. The molecule has 0 spiro atoms. The Bertz CT molecular complexity index is 919. The second-order valence-corrected chi connectivity index (χ2v) is 7.78. The maximum absolute atomic E-state index is 13.2. The molecule has 27 heavy (non-hydrogen) atoms. The lowest BCUT2D eigenvalue weighted by Crippen LogP contribution is -2.31. The molecule has 1 aliphatic rings. The summed E-state index contributed by atoms with van der Waals surface area (Å²) in [5.74, 6) is 0.156. The Morgan fingerprint density at radius 3 is 2.48 bits per heavy atom. The molecular weight excluding hydrogens is 356 g/mol. The number of rotatable bonds is 5. The Balaban J connectivity index is 1.68. The molecule has 2 aromatic carbocycles. The molecule has 0 saturated carbocycles. The van der Waals surface area contributed by atoms with Crippen LogP contribution in [0.25, 0.3) is 5.69 Å². The van der Waals surface area contributed by atoms with E-state index in [1.807, 2.05) is 58.0 Å². The summed E-state index contributed by atoms with van der Waals surface area (Å²) in [5, 5.41) is 8.83. The highest BCUT2D eigenvalue weighted by molar-refractivity contribution is 8.00. The monoisotopic (exact) mass is 378 g/mol. The first kappa shape index (κ1) is 17.8. The fraction of sp³-hybridized carbons (Fsp3) is 0.286. The highest BCUT2D eigenvalue weighted by atomic mass is 32.2. The van der Waals surface area contributed by atoms with Crippen LogP contribution in [0.15, 0.2) is 66.1 Å². The third kappa shape index (κ3) is 3.76. The molecule has 0 aliphatic carbocycles. The zero-order valence-corrected chi connectivity index (χ0v) is 16.1. The predicted octanol–water partition coefficient (Wildman–Crippen LogP) is 4.03. The number of carbonyl (C=O) groups excluding carboxylic acids is 1. The van der Waals surface area contributed by atoms with Gasteiger partial charge in [0, 0.05) is 13.1 Å². The summed E-state index contributed by atoms with van der Waals surface area (Å²) < 4.78 is 1.97. The molecule has 1 saturated heterocycles. The lowest BCUT2D eigenvalue weighted by molar-refractivity contribution is -0.129. The summed E-state index contributed by atoms with van der Waals surface area (Å²) in [7, 11) is 0. The van der Waals surface area contributed by atoms with Gasteiger partial charge in [0.1, 0.15) is 11.6 Å². The van der Waals surface area contributed by atoms with Crippen molar-refractivity contribution in [2.75, 3.05) is 13.1 Å². The Hall–Kier alpha value is -2.60. The third-order valence-corrected chi connectivity index (χ3v) is 6.06. The summed E-state index contributed by atoms with van der Waals surface area (Å²) in [6.45, 7) is 3.74. The van der Waals surface area contributed by atoms with Crippen LogP contribution in [0.5, 0.6) is 0 Å². The number of benzene rings is 2. The molecule has 0 N–H and O–H groups in total. The number of para-hydroxylation sites is 1. The number of thioether (sulfide) groups is 1. The van der Waals surface area contributed by atoms with E-state index in [9.17, 15) is 4.79 Å². The van der Waals surface area contributed by atoms with Crippen molar-refractivity contribution < 1.29 is 4.79 Å². The lowest BCUT2D eigenvalue weighted by atomic mass is 10.1. The summed E-state index contributed by atoms with van der Waals surface area (Å²) in [5.41, 5.74) is 3.17. The van der Waals surface area contributed by atoms with Gasteiger partial charge in [-0.1, -0.05) is 60.3 Å². The van der Waals surface area contributed by atoms with Crippen molar-refractivity contribution in [2.45, 2.75) is 30.2 Å². The molecule has 4 rings (SSSR count). The maximum Gasteiger partial charge on any atom is 0.240 e. The van der Waals surface area contributed by atoms with E-state index in [4.69, 9.17) is 0 Å². The number of amides is 1. The largest absolute Gasteiger partial charge is 0.341 e. The van der Waals surface area contributed by atoms with Gasteiger partial charge in [-0.15, -0.1) is 10.2 Å². The van der Waals surface area contributed by atoms with E-state index in [1.165, 1.54) is 11.8 Å². The van der Waals surface area contributed by atoms with E-state index in [0.29, 0.717) is 0 Å². The fourth-order valence-electron chi connectivity index (χ4n) is 3.40. The molecule has 1 aromatic heterocycles. The zero-order valence-electron chi connectivity index (χ0n) is 15.3. The van der Waals surface area contributed by atoms with E-state index >= 15 is 0 Å². The van der Waals surface area contributed by atoms with Gasteiger partial charge < -0.3 is 4.90 Å². The predicted molar refractivity (Wildman–Crippen MR) is 107 cm³/mol. The SMILES string of the molecule is Cc1ccccc1-n1cnnc1S[C@H](C(=O)N1CCCC1)c1ccccc1. The van der Waals surface area contributed by atoms with Crippen molar-refractivity contribution >= 4 is 17.7 Å². The van der Waals surface area contributed by atoms with Gasteiger partial charge >= 0.3 is 0 Å². The van der Waals surface area contributed by atoms with Gasteiger partial charge in [0.25, 0.3) is 0 Å². The van der Waals surface area contributed by atoms with Crippen LogP contribution in [0.1, 0.15) is 29.2 Å². The topological polar surface area (TPSA) is 51.0 Å². The van der Waals surface area contributed by atoms with Gasteiger partial charge in [0.05, 0.1) is 5.69 Å². The van der Waals surface area contributed by atoms with Crippen LogP contribution in [-0.4, -0.2) is 38.7 Å². The van der Waals surface area contributed by atoms with Gasteiger partial charge in [-0.3, -0.25) is 9.36 Å². The van der Waals surface area contributed by atoms with Crippen molar-refractivity contribution in [3.8, 4) is 5.69 Å². The Kier molecular flexibility index (Phi) is 5.25. The minimum atomic E-state index is -0.323. The number of aryl methyl sites for hydroxylation is 1. The highest BCUT2D eigenvalue weighted by Crippen LogP contribution is 2.37. The van der Waals surface area contributed by atoms with Gasteiger partial charge in [-0.2, -0.15) is 0 Å². The van der Waals surface area contributed by atoms with Crippen molar-refractivity contribution in [1.29, 1.82) is 0 Å². The Morgan fingerprint density at radius 1 is 1.04 bits per heavy atom. The van der Waals surface area contributed by atoms with Gasteiger partial charge in [-0.25, -0.2) is 0 Å². The molecule has 5 nitrogen and oxygen atoms in total. The molecule has 1 atom stereocenters. The fourth-order valence-corrected chi connectivity index (χ4v) is 4.51. The quantitative estimate of drug-likeness (QED) is 0.629. The van der Waals surface area contributed by atoms with E-state index in [-0.39, 0.29) is 11.2 Å². The molecule has 3 aromatic rings. The van der Waals surface area contributed by atoms with E-state index in [2.05, 4.69) is 23.2 Å². The Morgan fingerprint density at radius 2 is 1.74 bits per heavy atom. The second kappa shape index (κ2) is 7.96. The smallest absolute Gasteiger partial charge is 0.240 e. The lowest BCUT2D eigenvalue weighted by Gasteiger charge is -2.23. The number of aromatic nitrogens is 3. The molecule has 138 valence electrons. The van der Waals surface area contributed by atoms with Gasteiger partial charge in [0.15, 0.2) is 5.16 Å². The molecule has 0 radical (unpaired) electrons. The summed E-state index contributed by atoms with van der Waals surface area (Å²) in [4.78, 5) is 15.2. The molecule has 6 heteroatoms. The molecule has 0 unspecified atom stereocenters. The molecule has 1 fully saturated rings. The molecule has 1 aliphatic heterocycles. The summed E-state index contributed by atoms with van der Waals surface area (Å²) >= 11 is 1.47. The summed E-state index contributed by atoms with van der Waals surface area (Å²) in [6, 6.07) is 18.1. The number of hydrogen-bond acceptors (Lipinski definition) is 4. The van der Waals surface area contributed by atoms with E-state index in [0.717, 1.165) is 47.9 Å². The zero-order chi connectivity index (χ0) is 18.6. The first-order valence-electron chi connectivity index (χ1n) is 9.20. The Labute approximate surface area is 163 Å². The molecular formula is C21H22N4OS. The minimum Gasteiger partial charge on any atom is -0.341 e. The van der Waals surface area contributed by atoms with Gasteiger partial charge in [0.2, 0.25) is 5.91 Å². The number of nitrogens with zero attached hydrogens (tertiary/aromatic N) is 4. The van der Waals surface area contributed by atoms with Crippen LogP contribution in [0.3, 0.4) is 0 Å². The standard InChI is InChI=1S/C21H22N4OS/c1-16-9-5-6-12-18(16)25-15-22-23-21(25)27-19(17-10-3-2-4-11-17)20(26)24-13-7-8-14-24/h2-6,9-12,15,19H,7-8,13-14H2,1H3/t19-/m0/s1. The van der Waals surface area contributed by atoms with Crippen LogP contribution in [0, 0.1) is 6.92 Å². The minimum absolute atomic E-state index is 0.156. The highest BCUT2D eigenvalue weighted by Gasteiger charge is 2.30. The van der Waals surface area contributed by atoms with Crippen LogP contribution < -0.4 is 0 Å².